The number of ketones is 1. The predicted molar refractivity (Wildman–Crippen MR) is 183 cm³/mol. The summed E-state index contributed by atoms with van der Waals surface area (Å²) in [6.45, 7) is 1.92. The second kappa shape index (κ2) is 13.9. The average molecular weight is 707 g/mol. The topological polar surface area (TPSA) is 111 Å². The number of hydrogen-bond acceptors (Lipinski definition) is 7. The maximum atomic E-state index is 13.5. The van der Waals surface area contributed by atoms with E-state index in [1.807, 2.05) is 25.1 Å². The molecule has 1 aliphatic rings. The summed E-state index contributed by atoms with van der Waals surface area (Å²) in [5.41, 5.74) is 6.06. The molecule has 0 aliphatic heterocycles. The molecule has 246 valence electrons. The Hall–Kier alpha value is -4.58. The molecular formula is C36H29ClF2N2O5S2. The van der Waals surface area contributed by atoms with Crippen LogP contribution in [0.5, 0.6) is 0 Å². The van der Waals surface area contributed by atoms with Crippen LogP contribution in [-0.2, 0) is 24.5 Å². The van der Waals surface area contributed by atoms with Crippen LogP contribution in [0.1, 0.15) is 29.7 Å². The Morgan fingerprint density at radius 1 is 0.646 bits per heavy atom. The molecule has 5 aromatic rings. The third-order valence-corrected chi connectivity index (χ3v) is 10.1. The molecular weight excluding hydrogens is 678 g/mol. The van der Waals surface area contributed by atoms with Crippen molar-refractivity contribution >= 4 is 48.2 Å². The fraction of sp³-hybridized carbons (Fsp3) is 0.139. The summed E-state index contributed by atoms with van der Waals surface area (Å²) in [5.74, 6) is -1.67. The van der Waals surface area contributed by atoms with Crippen LogP contribution in [0.15, 0.2) is 107 Å². The van der Waals surface area contributed by atoms with Crippen molar-refractivity contribution in [2.75, 3.05) is 12.5 Å². The van der Waals surface area contributed by atoms with Gasteiger partial charge in [0.05, 0.1) is 20.5 Å². The Labute approximate surface area is 282 Å². The van der Waals surface area contributed by atoms with Gasteiger partial charge < -0.3 is 0 Å². The monoisotopic (exact) mass is 706 g/mol. The number of carbonyl (C=O) groups excluding carboxylic acids is 1. The first-order valence-corrected chi connectivity index (χ1v) is 18.7. The van der Waals surface area contributed by atoms with Gasteiger partial charge in [0.15, 0.2) is 25.5 Å². The van der Waals surface area contributed by atoms with Crippen LogP contribution in [0.2, 0.25) is 5.02 Å². The van der Waals surface area contributed by atoms with Crippen LogP contribution in [0.25, 0.3) is 33.5 Å². The van der Waals surface area contributed by atoms with Crippen LogP contribution in [-0.4, -0.2) is 45.1 Å². The molecule has 3 aromatic carbocycles. The van der Waals surface area contributed by atoms with Crippen molar-refractivity contribution in [1.82, 2.24) is 9.97 Å². The van der Waals surface area contributed by atoms with E-state index in [1.54, 1.807) is 48.8 Å². The molecule has 2 heterocycles. The lowest BCUT2D eigenvalue weighted by molar-refractivity contribution is -0.113. The number of pyridine rings is 2. The zero-order chi connectivity index (χ0) is 34.8. The van der Waals surface area contributed by atoms with Crippen molar-refractivity contribution in [2.45, 2.75) is 29.6 Å². The first-order chi connectivity index (χ1) is 22.6. The molecule has 0 saturated carbocycles. The van der Waals surface area contributed by atoms with Crippen LogP contribution in [0.4, 0.5) is 8.78 Å². The highest BCUT2D eigenvalue weighted by Gasteiger charge is 2.26. The number of benzene rings is 3. The largest absolute Gasteiger partial charge is 0.294 e. The van der Waals surface area contributed by atoms with E-state index in [0.717, 1.165) is 52.5 Å². The smallest absolute Gasteiger partial charge is 0.175 e. The molecule has 12 heteroatoms. The van der Waals surface area contributed by atoms with Gasteiger partial charge in [-0.05, 0) is 90.2 Å². The minimum Gasteiger partial charge on any atom is -0.294 e. The summed E-state index contributed by atoms with van der Waals surface area (Å²) in [5, 5.41) is 0.515. The number of sulfone groups is 2. The molecule has 0 fully saturated rings. The third kappa shape index (κ3) is 8.10. The molecule has 0 saturated heterocycles. The van der Waals surface area contributed by atoms with Crippen molar-refractivity contribution in [3.05, 3.63) is 131 Å². The summed E-state index contributed by atoms with van der Waals surface area (Å²) in [4.78, 5) is 21.4. The van der Waals surface area contributed by atoms with E-state index < -0.39 is 31.3 Å². The molecule has 1 aliphatic carbocycles. The van der Waals surface area contributed by atoms with E-state index in [4.69, 9.17) is 11.6 Å². The van der Waals surface area contributed by atoms with Gasteiger partial charge in [0, 0.05) is 59.8 Å². The molecule has 48 heavy (non-hydrogen) atoms. The Bertz CT molecular complexity index is 2250. The van der Waals surface area contributed by atoms with Crippen LogP contribution < -0.4 is 0 Å². The number of allylic oxidation sites excluding steroid dienone is 2. The van der Waals surface area contributed by atoms with E-state index in [9.17, 15) is 30.4 Å². The zero-order valence-electron chi connectivity index (χ0n) is 26.0. The maximum Gasteiger partial charge on any atom is 0.175 e. The zero-order valence-corrected chi connectivity index (χ0v) is 28.4. The van der Waals surface area contributed by atoms with Gasteiger partial charge in [-0.1, -0.05) is 35.9 Å². The Morgan fingerprint density at radius 3 is 1.71 bits per heavy atom. The van der Waals surface area contributed by atoms with Gasteiger partial charge >= 0.3 is 0 Å². The number of carbonyl (C=O) groups is 1. The van der Waals surface area contributed by atoms with Gasteiger partial charge in [-0.2, -0.15) is 0 Å². The summed E-state index contributed by atoms with van der Waals surface area (Å²) in [6.07, 6.45) is 6.36. The van der Waals surface area contributed by atoms with E-state index in [0.29, 0.717) is 28.2 Å². The number of hydrogen-bond donors (Lipinski definition) is 0. The van der Waals surface area contributed by atoms with Gasteiger partial charge in [0.2, 0.25) is 0 Å². The molecule has 0 N–H and O–H groups in total. The summed E-state index contributed by atoms with van der Waals surface area (Å²) in [6, 6.07) is 21.5. The van der Waals surface area contributed by atoms with Crippen molar-refractivity contribution in [2.24, 2.45) is 0 Å². The Morgan fingerprint density at radius 2 is 1.19 bits per heavy atom. The highest BCUT2D eigenvalue weighted by molar-refractivity contribution is 7.91. The van der Waals surface area contributed by atoms with Gasteiger partial charge in [0.1, 0.15) is 11.6 Å². The number of aromatic nitrogens is 2. The predicted octanol–water partition coefficient (Wildman–Crippen LogP) is 7.82. The van der Waals surface area contributed by atoms with Crippen LogP contribution in [0.3, 0.4) is 0 Å². The van der Waals surface area contributed by atoms with Crippen LogP contribution in [0, 0.1) is 18.6 Å². The van der Waals surface area contributed by atoms with E-state index in [2.05, 4.69) is 9.97 Å². The summed E-state index contributed by atoms with van der Waals surface area (Å²) in [7, 11) is -6.54. The average Bonchev–Trinajstić information content (AvgIpc) is 3.42. The van der Waals surface area contributed by atoms with Gasteiger partial charge in [-0.3, -0.25) is 14.8 Å². The number of Topliss-reactive ketones (excluding diaryl/α,β-unsaturated/α-hetero) is 1. The van der Waals surface area contributed by atoms with E-state index in [1.165, 1.54) is 18.4 Å². The molecule has 2 aromatic heterocycles. The molecule has 0 bridgehead atoms. The second-order valence-electron chi connectivity index (χ2n) is 11.3. The van der Waals surface area contributed by atoms with Gasteiger partial charge in [-0.15, -0.1) is 0 Å². The number of nitrogens with zero attached hydrogens (tertiary/aromatic N) is 2. The van der Waals surface area contributed by atoms with Crippen molar-refractivity contribution in [1.29, 1.82) is 0 Å². The highest BCUT2D eigenvalue weighted by Crippen LogP contribution is 2.38. The summed E-state index contributed by atoms with van der Waals surface area (Å²) < 4.78 is 73.2. The fourth-order valence-corrected chi connectivity index (χ4v) is 6.68. The summed E-state index contributed by atoms with van der Waals surface area (Å²) >= 11 is 6.11. The van der Waals surface area contributed by atoms with Crippen LogP contribution >= 0.6 is 11.6 Å². The molecule has 0 spiro atoms. The fourth-order valence-electron chi connectivity index (χ4n) is 5.26. The maximum absolute atomic E-state index is 13.5. The molecule has 0 radical (unpaired) electrons. The first kappa shape index (κ1) is 34.7. The minimum absolute atomic E-state index is 0.175. The lowest BCUT2D eigenvalue weighted by Crippen LogP contribution is -1.99. The molecule has 0 amide bonds. The Balaban J connectivity index is 0.000000188. The van der Waals surface area contributed by atoms with Crippen molar-refractivity contribution < 1.29 is 30.4 Å². The SMILES string of the molecule is CS(=O)(=O)c1ccc(C2=C(c3cc(F)cc(F)c3)C(=O)CC2)cc1.Cc1ccc(-c2ncc(Cl)cc2-c2ccc(S(C)(=O)=O)cc2)cn1. The second-order valence-corrected chi connectivity index (χ2v) is 15.7. The minimum atomic E-state index is -3.31. The standard InChI is InChI=1S/C18H15ClN2O2S.C18H14F2O3S/c1-12-3-4-14(10-20-12)18-17(9-15(19)11-21-18)13-5-7-16(8-6-13)24(2,22)23;1-24(22,23)15-4-2-11(3-5-15)16-6-7-17(21)18(16)12-8-13(19)10-14(20)9-12/h3-11H,1-2H3;2-5,8-10H,6-7H2,1H3. The van der Waals surface area contributed by atoms with Crippen molar-refractivity contribution in [3.8, 4) is 22.4 Å². The van der Waals surface area contributed by atoms with Gasteiger partial charge in [-0.25, -0.2) is 25.6 Å². The number of rotatable bonds is 6. The molecule has 0 unspecified atom stereocenters. The van der Waals surface area contributed by atoms with E-state index >= 15 is 0 Å². The first-order valence-electron chi connectivity index (χ1n) is 14.5. The normalized spacial score (nSPS) is 13.3. The third-order valence-electron chi connectivity index (χ3n) is 7.60. The molecule has 6 rings (SSSR count). The van der Waals surface area contributed by atoms with Crippen molar-refractivity contribution in [3.63, 3.8) is 0 Å². The lowest BCUT2D eigenvalue weighted by atomic mass is 9.96. The quantitative estimate of drug-likeness (QED) is 0.177. The number of halogens is 3. The van der Waals surface area contributed by atoms with Gasteiger partial charge in [0.25, 0.3) is 0 Å². The molecule has 0 atom stereocenters. The Kier molecular flexibility index (Phi) is 10.0. The lowest BCUT2D eigenvalue weighted by Gasteiger charge is -2.10. The highest BCUT2D eigenvalue weighted by atomic mass is 35.5. The van der Waals surface area contributed by atoms with E-state index in [-0.39, 0.29) is 27.6 Å². The molecule has 7 nitrogen and oxygen atoms in total. The number of aryl methyl sites for hydroxylation is 1.